The number of piperidine rings is 1. The molecular weight excluding hydrogens is 313 g/mol. The van der Waals surface area contributed by atoms with Gasteiger partial charge in [0.1, 0.15) is 5.83 Å². The Hall–Kier alpha value is -2.11. The lowest BCUT2D eigenvalue weighted by Gasteiger charge is -2.41. The number of ether oxygens (including phenoxy) is 2. The Bertz CT molecular complexity index is 574. The second-order valence-electron chi connectivity index (χ2n) is 5.92. The number of halogens is 1. The van der Waals surface area contributed by atoms with Gasteiger partial charge in [0.05, 0.1) is 13.2 Å². The predicted octanol–water partition coefficient (Wildman–Crippen LogP) is 3.24. The Balaban J connectivity index is 2.37. The minimum atomic E-state index is -0.705. The minimum absolute atomic E-state index is 0.0630. The van der Waals surface area contributed by atoms with E-state index in [-0.39, 0.29) is 36.6 Å². The summed E-state index contributed by atoms with van der Waals surface area (Å²) in [5.74, 6) is -1.49. The van der Waals surface area contributed by atoms with Gasteiger partial charge in [-0.05, 0) is 45.8 Å². The van der Waals surface area contributed by atoms with Crippen molar-refractivity contribution in [3.05, 3.63) is 35.4 Å². The van der Waals surface area contributed by atoms with Gasteiger partial charge in [0.15, 0.2) is 5.57 Å². The maximum Gasteiger partial charge on any atom is 0.347 e. The van der Waals surface area contributed by atoms with E-state index in [4.69, 9.17) is 9.47 Å². The fourth-order valence-electron chi connectivity index (χ4n) is 3.05. The summed E-state index contributed by atoms with van der Waals surface area (Å²) in [6.45, 7) is 5.71. The molecule has 2 unspecified atom stereocenters. The molecule has 1 heterocycles. The van der Waals surface area contributed by atoms with Gasteiger partial charge >= 0.3 is 11.9 Å². The number of carbonyl (C=O) groups is 2. The maximum atomic E-state index is 13.5. The highest BCUT2D eigenvalue weighted by atomic mass is 19.1. The van der Waals surface area contributed by atoms with Crippen molar-refractivity contribution in [2.24, 2.45) is 5.92 Å². The molecule has 0 radical (unpaired) electrons. The molecule has 1 fully saturated rings. The van der Waals surface area contributed by atoms with Crippen LogP contribution in [-0.4, -0.2) is 36.1 Å². The van der Waals surface area contributed by atoms with E-state index in [9.17, 15) is 14.0 Å². The zero-order valence-electron chi connectivity index (χ0n) is 14.4. The van der Waals surface area contributed by atoms with E-state index in [1.54, 1.807) is 19.9 Å². The van der Waals surface area contributed by atoms with Crippen LogP contribution < -0.4 is 0 Å². The van der Waals surface area contributed by atoms with Gasteiger partial charge in [0, 0.05) is 30.3 Å². The standard InChI is InChI=1S/C18H24FNO4/c1-4-23-17(21)15(18(22)24-5-2)11-20-12(3)6-7-13-10-14(19)8-9-16(13)20/h8-9,11-13H,4-7,10H2,1-3H3. The lowest BCUT2D eigenvalue weighted by atomic mass is 9.84. The summed E-state index contributed by atoms with van der Waals surface area (Å²) in [6.07, 6.45) is 6.76. The van der Waals surface area contributed by atoms with Gasteiger partial charge in [0.2, 0.25) is 0 Å². The highest BCUT2D eigenvalue weighted by molar-refractivity contribution is 6.14. The van der Waals surface area contributed by atoms with Crippen LogP contribution in [0.3, 0.4) is 0 Å². The molecule has 0 spiro atoms. The van der Waals surface area contributed by atoms with Crippen molar-refractivity contribution in [3.63, 3.8) is 0 Å². The Labute approximate surface area is 141 Å². The molecule has 6 heteroatoms. The number of fused-ring (bicyclic) bond motifs is 1. The van der Waals surface area contributed by atoms with E-state index in [2.05, 4.69) is 0 Å². The van der Waals surface area contributed by atoms with Crippen LogP contribution in [0.2, 0.25) is 0 Å². The largest absolute Gasteiger partial charge is 0.462 e. The molecule has 0 aromatic carbocycles. The highest BCUT2D eigenvalue weighted by Crippen LogP contribution is 2.38. The first-order chi connectivity index (χ1) is 11.5. The smallest absolute Gasteiger partial charge is 0.347 e. The van der Waals surface area contributed by atoms with Gasteiger partial charge in [-0.3, -0.25) is 0 Å². The van der Waals surface area contributed by atoms with E-state index in [1.165, 1.54) is 12.3 Å². The number of rotatable bonds is 5. The van der Waals surface area contributed by atoms with Gasteiger partial charge in [-0.2, -0.15) is 0 Å². The van der Waals surface area contributed by atoms with Gasteiger partial charge in [0.25, 0.3) is 0 Å². The average Bonchev–Trinajstić information content (AvgIpc) is 2.54. The number of hydrogen-bond acceptors (Lipinski definition) is 5. The molecule has 0 saturated carbocycles. The number of allylic oxidation sites excluding steroid dienone is 4. The van der Waals surface area contributed by atoms with Crippen molar-refractivity contribution < 1.29 is 23.5 Å². The van der Waals surface area contributed by atoms with Crippen molar-refractivity contribution in [2.75, 3.05) is 13.2 Å². The summed E-state index contributed by atoms with van der Waals surface area (Å²) in [5, 5.41) is 0. The molecule has 0 bridgehead atoms. The normalized spacial score (nSPS) is 22.8. The summed E-state index contributed by atoms with van der Waals surface area (Å²) >= 11 is 0. The fraction of sp³-hybridized carbons (Fsp3) is 0.556. The van der Waals surface area contributed by atoms with Crippen molar-refractivity contribution in [1.29, 1.82) is 0 Å². The van der Waals surface area contributed by atoms with Crippen molar-refractivity contribution in [1.82, 2.24) is 4.90 Å². The summed E-state index contributed by atoms with van der Waals surface area (Å²) in [6, 6.07) is 0.0981. The van der Waals surface area contributed by atoms with Crippen LogP contribution in [0.25, 0.3) is 0 Å². The van der Waals surface area contributed by atoms with Gasteiger partial charge in [-0.15, -0.1) is 0 Å². The Morgan fingerprint density at radius 3 is 2.42 bits per heavy atom. The molecule has 1 aliphatic heterocycles. The fourth-order valence-corrected chi connectivity index (χ4v) is 3.05. The summed E-state index contributed by atoms with van der Waals surface area (Å²) in [7, 11) is 0. The Morgan fingerprint density at radius 1 is 1.21 bits per heavy atom. The third-order valence-corrected chi connectivity index (χ3v) is 4.26. The summed E-state index contributed by atoms with van der Waals surface area (Å²) in [4.78, 5) is 26.2. The first-order valence-corrected chi connectivity index (χ1v) is 8.38. The Kier molecular flexibility index (Phi) is 6.17. The number of hydrogen-bond donors (Lipinski definition) is 0. The van der Waals surface area contributed by atoms with E-state index in [0.717, 1.165) is 18.5 Å². The molecule has 0 amide bonds. The molecule has 0 aromatic heterocycles. The molecule has 132 valence electrons. The van der Waals surface area contributed by atoms with Gasteiger partial charge in [-0.1, -0.05) is 0 Å². The molecule has 24 heavy (non-hydrogen) atoms. The second kappa shape index (κ2) is 8.13. The topological polar surface area (TPSA) is 55.8 Å². The summed E-state index contributed by atoms with van der Waals surface area (Å²) < 4.78 is 23.5. The first-order valence-electron chi connectivity index (χ1n) is 8.38. The highest BCUT2D eigenvalue weighted by Gasteiger charge is 2.33. The molecule has 1 saturated heterocycles. The quantitative estimate of drug-likeness (QED) is 0.334. The van der Waals surface area contributed by atoms with E-state index >= 15 is 0 Å². The molecule has 0 aromatic rings. The minimum Gasteiger partial charge on any atom is -0.462 e. The lowest BCUT2D eigenvalue weighted by Crippen LogP contribution is -2.38. The average molecular weight is 337 g/mol. The molecule has 2 rings (SSSR count). The van der Waals surface area contributed by atoms with Crippen LogP contribution in [0.5, 0.6) is 0 Å². The van der Waals surface area contributed by atoms with Crippen LogP contribution >= 0.6 is 0 Å². The van der Waals surface area contributed by atoms with Crippen LogP contribution in [0.4, 0.5) is 4.39 Å². The molecule has 2 aliphatic rings. The number of carbonyl (C=O) groups excluding carboxylic acids is 2. The lowest BCUT2D eigenvalue weighted by molar-refractivity contribution is -0.146. The number of likely N-dealkylation sites (tertiary alicyclic amines) is 1. The monoisotopic (exact) mass is 337 g/mol. The van der Waals surface area contributed by atoms with E-state index < -0.39 is 11.9 Å². The van der Waals surface area contributed by atoms with Crippen LogP contribution in [0.1, 0.15) is 40.0 Å². The van der Waals surface area contributed by atoms with Crippen LogP contribution in [-0.2, 0) is 19.1 Å². The maximum absolute atomic E-state index is 13.5. The van der Waals surface area contributed by atoms with Crippen LogP contribution in [0, 0.1) is 5.92 Å². The third kappa shape index (κ3) is 4.04. The zero-order valence-corrected chi connectivity index (χ0v) is 14.4. The molecular formula is C18H24FNO4. The van der Waals surface area contributed by atoms with Gasteiger partial charge < -0.3 is 14.4 Å². The van der Waals surface area contributed by atoms with E-state index in [1.807, 2.05) is 11.8 Å². The Morgan fingerprint density at radius 2 is 1.83 bits per heavy atom. The van der Waals surface area contributed by atoms with E-state index in [0.29, 0.717) is 6.42 Å². The molecule has 0 N–H and O–H groups in total. The first kappa shape index (κ1) is 18.2. The third-order valence-electron chi connectivity index (χ3n) is 4.26. The molecule has 1 aliphatic carbocycles. The van der Waals surface area contributed by atoms with Crippen molar-refractivity contribution in [2.45, 2.75) is 46.1 Å². The molecule has 5 nitrogen and oxygen atoms in total. The predicted molar refractivity (Wildman–Crippen MR) is 87.3 cm³/mol. The van der Waals surface area contributed by atoms with Gasteiger partial charge in [-0.25, -0.2) is 14.0 Å². The molecule has 2 atom stereocenters. The zero-order chi connectivity index (χ0) is 17.7. The van der Waals surface area contributed by atoms with Crippen molar-refractivity contribution in [3.8, 4) is 0 Å². The summed E-state index contributed by atoms with van der Waals surface area (Å²) in [5.41, 5.74) is 0.781. The number of nitrogens with zero attached hydrogens (tertiary/aromatic N) is 1. The van der Waals surface area contributed by atoms with Crippen molar-refractivity contribution >= 4 is 11.9 Å². The SMILES string of the molecule is CCOC(=O)C(=CN1C2=CC=C(F)CC2CCC1C)C(=O)OCC. The number of esters is 2. The second-order valence-corrected chi connectivity index (χ2v) is 5.92. The van der Waals surface area contributed by atoms with Crippen LogP contribution in [0.15, 0.2) is 35.4 Å².